The van der Waals surface area contributed by atoms with Gasteiger partial charge in [-0.2, -0.15) is 0 Å². The Morgan fingerprint density at radius 2 is 1.74 bits per heavy atom. The Bertz CT molecular complexity index is 512. The SMILES string of the molecule is CC(C)Nc1ccc2c(n1)C=CC(C)(C(C)C)C=C2. The number of allylic oxidation sites excluding steroid dienone is 2. The first-order chi connectivity index (χ1) is 8.90. The number of nitrogens with zero attached hydrogens (tertiary/aromatic N) is 1. The molecule has 1 aliphatic carbocycles. The summed E-state index contributed by atoms with van der Waals surface area (Å²) in [6, 6.07) is 4.59. The van der Waals surface area contributed by atoms with Gasteiger partial charge in [0.25, 0.3) is 0 Å². The molecule has 1 unspecified atom stereocenters. The van der Waals surface area contributed by atoms with Gasteiger partial charge in [-0.05, 0) is 38.0 Å². The van der Waals surface area contributed by atoms with Crippen molar-refractivity contribution < 1.29 is 0 Å². The predicted molar refractivity (Wildman–Crippen MR) is 84.0 cm³/mol. The van der Waals surface area contributed by atoms with Crippen molar-refractivity contribution in [1.82, 2.24) is 4.98 Å². The summed E-state index contributed by atoms with van der Waals surface area (Å²) in [5.74, 6) is 1.52. The molecule has 0 aromatic carbocycles. The lowest BCUT2D eigenvalue weighted by Crippen LogP contribution is -2.16. The van der Waals surface area contributed by atoms with Crippen LogP contribution in [0.3, 0.4) is 0 Å². The Morgan fingerprint density at radius 1 is 1.05 bits per heavy atom. The minimum absolute atomic E-state index is 0.104. The van der Waals surface area contributed by atoms with E-state index < -0.39 is 0 Å². The number of hydrogen-bond acceptors (Lipinski definition) is 2. The van der Waals surface area contributed by atoms with Gasteiger partial charge in [-0.25, -0.2) is 4.98 Å². The number of pyridine rings is 1. The van der Waals surface area contributed by atoms with E-state index in [2.05, 4.69) is 81.4 Å². The molecule has 0 radical (unpaired) electrons. The molecule has 1 aromatic rings. The van der Waals surface area contributed by atoms with Crippen LogP contribution < -0.4 is 5.32 Å². The third-order valence-corrected chi connectivity index (χ3v) is 3.86. The van der Waals surface area contributed by atoms with Crippen molar-refractivity contribution >= 4 is 18.0 Å². The van der Waals surface area contributed by atoms with Gasteiger partial charge in [-0.1, -0.05) is 39.0 Å². The highest BCUT2D eigenvalue weighted by Crippen LogP contribution is 2.34. The second-order valence-electron chi connectivity index (χ2n) is 6.16. The normalized spacial score (nSPS) is 21.6. The fourth-order valence-electron chi connectivity index (χ4n) is 2.10. The first-order valence-corrected chi connectivity index (χ1v) is 7.07. The molecule has 0 saturated carbocycles. The molecule has 102 valence electrons. The van der Waals surface area contributed by atoms with Gasteiger partial charge in [0.05, 0.1) is 5.69 Å². The maximum Gasteiger partial charge on any atom is 0.126 e. The van der Waals surface area contributed by atoms with E-state index in [0.717, 1.165) is 11.5 Å². The predicted octanol–water partition coefficient (Wildman–Crippen LogP) is 4.60. The van der Waals surface area contributed by atoms with Crippen molar-refractivity contribution in [3.8, 4) is 0 Å². The first kappa shape index (κ1) is 13.9. The highest BCUT2D eigenvalue weighted by molar-refractivity contribution is 5.68. The second-order valence-corrected chi connectivity index (χ2v) is 6.16. The van der Waals surface area contributed by atoms with E-state index in [1.54, 1.807) is 0 Å². The highest BCUT2D eigenvalue weighted by Gasteiger charge is 2.23. The van der Waals surface area contributed by atoms with Crippen molar-refractivity contribution in [2.24, 2.45) is 11.3 Å². The summed E-state index contributed by atoms with van der Waals surface area (Å²) in [6.45, 7) is 11.0. The maximum absolute atomic E-state index is 4.69. The molecule has 2 rings (SSSR count). The minimum Gasteiger partial charge on any atom is -0.368 e. The summed E-state index contributed by atoms with van der Waals surface area (Å²) in [7, 11) is 0. The van der Waals surface area contributed by atoms with Crippen molar-refractivity contribution in [3.05, 3.63) is 35.5 Å². The summed E-state index contributed by atoms with van der Waals surface area (Å²) < 4.78 is 0. The summed E-state index contributed by atoms with van der Waals surface area (Å²) in [5.41, 5.74) is 2.34. The molecule has 2 nitrogen and oxygen atoms in total. The Hall–Kier alpha value is -1.57. The van der Waals surface area contributed by atoms with Crippen LogP contribution in [-0.4, -0.2) is 11.0 Å². The molecule has 19 heavy (non-hydrogen) atoms. The summed E-state index contributed by atoms with van der Waals surface area (Å²) in [4.78, 5) is 4.69. The molecule has 0 bridgehead atoms. The van der Waals surface area contributed by atoms with Crippen LogP contribution in [0.25, 0.3) is 12.2 Å². The molecule has 0 amide bonds. The van der Waals surface area contributed by atoms with Crippen LogP contribution in [0.15, 0.2) is 24.3 Å². The van der Waals surface area contributed by atoms with Crippen LogP contribution in [0, 0.1) is 11.3 Å². The number of aromatic nitrogens is 1. The molecule has 1 aliphatic rings. The molecule has 0 aliphatic heterocycles. The van der Waals surface area contributed by atoms with Gasteiger partial charge in [0.15, 0.2) is 0 Å². The number of nitrogens with one attached hydrogen (secondary N) is 1. The van der Waals surface area contributed by atoms with Crippen LogP contribution in [0.4, 0.5) is 5.82 Å². The van der Waals surface area contributed by atoms with E-state index in [1.165, 1.54) is 5.56 Å². The summed E-state index contributed by atoms with van der Waals surface area (Å²) >= 11 is 0. The van der Waals surface area contributed by atoms with Gasteiger partial charge in [0, 0.05) is 17.0 Å². The minimum atomic E-state index is 0.104. The van der Waals surface area contributed by atoms with Crippen molar-refractivity contribution in [2.45, 2.75) is 40.7 Å². The molecular weight excluding hydrogens is 232 g/mol. The molecule has 1 heterocycles. The van der Waals surface area contributed by atoms with Gasteiger partial charge in [-0.15, -0.1) is 0 Å². The molecule has 1 N–H and O–H groups in total. The molecule has 0 spiro atoms. The monoisotopic (exact) mass is 256 g/mol. The maximum atomic E-state index is 4.69. The number of hydrogen-bond donors (Lipinski definition) is 1. The average Bonchev–Trinajstić information content (AvgIpc) is 2.50. The highest BCUT2D eigenvalue weighted by atomic mass is 15.0. The standard InChI is InChI=1S/C17H24N2/c1-12(2)17(5)10-8-14-6-7-16(18-13(3)4)19-15(14)9-11-17/h6-13H,1-5H3,(H,18,19). The van der Waals surface area contributed by atoms with Crippen LogP contribution in [-0.2, 0) is 0 Å². The van der Waals surface area contributed by atoms with Gasteiger partial charge in [-0.3, -0.25) is 0 Å². The van der Waals surface area contributed by atoms with E-state index in [9.17, 15) is 0 Å². The van der Waals surface area contributed by atoms with Gasteiger partial charge in [0.2, 0.25) is 0 Å². The number of fused-ring (bicyclic) bond motifs is 1. The fourth-order valence-corrected chi connectivity index (χ4v) is 2.10. The molecular formula is C17H24N2. The average molecular weight is 256 g/mol. The largest absolute Gasteiger partial charge is 0.368 e. The lowest BCUT2D eigenvalue weighted by molar-refractivity contribution is 0.387. The van der Waals surface area contributed by atoms with Crippen molar-refractivity contribution in [3.63, 3.8) is 0 Å². The molecule has 2 heteroatoms. The Labute approximate surface area is 116 Å². The number of anilines is 1. The quantitative estimate of drug-likeness (QED) is 0.854. The van der Waals surface area contributed by atoms with Crippen LogP contribution in [0.5, 0.6) is 0 Å². The Morgan fingerprint density at radius 3 is 2.37 bits per heavy atom. The van der Waals surface area contributed by atoms with Crippen molar-refractivity contribution in [1.29, 1.82) is 0 Å². The van der Waals surface area contributed by atoms with Gasteiger partial charge < -0.3 is 5.32 Å². The van der Waals surface area contributed by atoms with E-state index in [1.807, 2.05) is 0 Å². The zero-order valence-corrected chi connectivity index (χ0v) is 12.6. The summed E-state index contributed by atoms with van der Waals surface area (Å²) in [6.07, 6.45) is 8.91. The smallest absolute Gasteiger partial charge is 0.126 e. The molecule has 1 atom stereocenters. The van der Waals surface area contributed by atoms with E-state index >= 15 is 0 Å². The third kappa shape index (κ3) is 3.06. The first-order valence-electron chi connectivity index (χ1n) is 7.07. The van der Waals surface area contributed by atoms with E-state index in [0.29, 0.717) is 12.0 Å². The third-order valence-electron chi connectivity index (χ3n) is 3.86. The fraction of sp³-hybridized carbons (Fsp3) is 0.471. The zero-order chi connectivity index (χ0) is 14.0. The van der Waals surface area contributed by atoms with Crippen LogP contribution >= 0.6 is 0 Å². The van der Waals surface area contributed by atoms with E-state index in [-0.39, 0.29) is 5.41 Å². The summed E-state index contributed by atoms with van der Waals surface area (Å²) in [5, 5.41) is 3.35. The lowest BCUT2D eigenvalue weighted by Gasteiger charge is -2.26. The Kier molecular flexibility index (Phi) is 3.79. The van der Waals surface area contributed by atoms with Crippen molar-refractivity contribution in [2.75, 3.05) is 5.32 Å². The van der Waals surface area contributed by atoms with Crippen LogP contribution in [0.1, 0.15) is 45.9 Å². The Balaban J connectivity index is 2.35. The number of rotatable bonds is 3. The van der Waals surface area contributed by atoms with Gasteiger partial charge in [0.1, 0.15) is 5.82 Å². The lowest BCUT2D eigenvalue weighted by atomic mass is 9.79. The second kappa shape index (κ2) is 5.20. The van der Waals surface area contributed by atoms with Crippen LogP contribution in [0.2, 0.25) is 0 Å². The van der Waals surface area contributed by atoms with Gasteiger partial charge >= 0.3 is 0 Å². The molecule has 0 saturated heterocycles. The molecule has 1 aromatic heterocycles. The van der Waals surface area contributed by atoms with E-state index in [4.69, 9.17) is 0 Å². The topological polar surface area (TPSA) is 24.9 Å². The molecule has 0 fully saturated rings. The zero-order valence-electron chi connectivity index (χ0n) is 12.6.